The molecule has 0 saturated heterocycles. The molecule has 1 heterocycles. The van der Waals surface area contributed by atoms with Crippen LogP contribution in [0.1, 0.15) is 17.2 Å². The molecule has 0 fully saturated rings. The van der Waals surface area contributed by atoms with Gasteiger partial charge in [0.2, 0.25) is 5.91 Å². The summed E-state index contributed by atoms with van der Waals surface area (Å²) in [6.07, 6.45) is 0. The summed E-state index contributed by atoms with van der Waals surface area (Å²) in [6.45, 7) is 4.27. The molecule has 6 nitrogen and oxygen atoms in total. The second-order valence-electron chi connectivity index (χ2n) is 4.31. The van der Waals surface area contributed by atoms with Gasteiger partial charge in [0.15, 0.2) is 0 Å². The SMILES string of the molecule is Cc1nc(C)n(CC(=O)Nc2ccc(CN)cc2)n1. The van der Waals surface area contributed by atoms with E-state index in [0.29, 0.717) is 12.4 Å². The summed E-state index contributed by atoms with van der Waals surface area (Å²) in [7, 11) is 0. The summed E-state index contributed by atoms with van der Waals surface area (Å²) >= 11 is 0. The van der Waals surface area contributed by atoms with E-state index in [2.05, 4.69) is 15.4 Å². The van der Waals surface area contributed by atoms with Crippen molar-refractivity contribution >= 4 is 11.6 Å². The molecule has 1 aromatic heterocycles. The van der Waals surface area contributed by atoms with Gasteiger partial charge in [-0.1, -0.05) is 12.1 Å². The third-order valence-electron chi connectivity index (χ3n) is 2.73. The van der Waals surface area contributed by atoms with Gasteiger partial charge in [0.1, 0.15) is 18.2 Å². The topological polar surface area (TPSA) is 85.8 Å². The largest absolute Gasteiger partial charge is 0.326 e. The number of benzene rings is 1. The van der Waals surface area contributed by atoms with Gasteiger partial charge in [-0.25, -0.2) is 9.67 Å². The van der Waals surface area contributed by atoms with Crippen molar-refractivity contribution in [2.75, 3.05) is 5.32 Å². The molecule has 2 rings (SSSR count). The first-order valence-corrected chi connectivity index (χ1v) is 6.05. The van der Waals surface area contributed by atoms with E-state index in [0.717, 1.165) is 17.1 Å². The van der Waals surface area contributed by atoms with Crippen molar-refractivity contribution in [3.63, 3.8) is 0 Å². The number of aromatic nitrogens is 3. The first-order chi connectivity index (χ1) is 9.08. The Balaban J connectivity index is 1.99. The molecule has 0 unspecified atom stereocenters. The fourth-order valence-electron chi connectivity index (χ4n) is 1.77. The Kier molecular flexibility index (Phi) is 3.91. The molecule has 1 aromatic carbocycles. The number of nitrogens with one attached hydrogen (secondary N) is 1. The van der Waals surface area contributed by atoms with Crippen LogP contribution in [0.5, 0.6) is 0 Å². The van der Waals surface area contributed by atoms with Gasteiger partial charge in [0.25, 0.3) is 0 Å². The Morgan fingerprint density at radius 2 is 2.00 bits per heavy atom. The lowest BCUT2D eigenvalue weighted by atomic mass is 10.2. The van der Waals surface area contributed by atoms with E-state index in [-0.39, 0.29) is 12.5 Å². The molecule has 100 valence electrons. The van der Waals surface area contributed by atoms with Crippen molar-refractivity contribution in [1.29, 1.82) is 0 Å². The third kappa shape index (κ3) is 3.38. The van der Waals surface area contributed by atoms with Crippen molar-refractivity contribution in [3.05, 3.63) is 41.5 Å². The van der Waals surface area contributed by atoms with Crippen molar-refractivity contribution in [1.82, 2.24) is 14.8 Å². The summed E-state index contributed by atoms with van der Waals surface area (Å²) in [5, 5.41) is 6.96. The Bertz CT molecular complexity index is 573. The number of nitrogens with zero attached hydrogens (tertiary/aromatic N) is 3. The second kappa shape index (κ2) is 5.62. The highest BCUT2D eigenvalue weighted by Gasteiger charge is 2.08. The van der Waals surface area contributed by atoms with Gasteiger partial charge >= 0.3 is 0 Å². The number of hydrogen-bond acceptors (Lipinski definition) is 4. The van der Waals surface area contributed by atoms with E-state index in [1.54, 1.807) is 11.6 Å². The van der Waals surface area contributed by atoms with Gasteiger partial charge in [0.05, 0.1) is 0 Å². The highest BCUT2D eigenvalue weighted by Crippen LogP contribution is 2.09. The van der Waals surface area contributed by atoms with E-state index in [1.165, 1.54) is 0 Å². The molecule has 3 N–H and O–H groups in total. The summed E-state index contributed by atoms with van der Waals surface area (Å²) in [6, 6.07) is 7.44. The number of carbonyl (C=O) groups excluding carboxylic acids is 1. The molecule has 6 heteroatoms. The molecule has 0 aliphatic rings. The number of anilines is 1. The van der Waals surface area contributed by atoms with Crippen LogP contribution in [0.3, 0.4) is 0 Å². The second-order valence-corrected chi connectivity index (χ2v) is 4.31. The lowest BCUT2D eigenvalue weighted by Gasteiger charge is -2.06. The Morgan fingerprint density at radius 3 is 2.53 bits per heavy atom. The maximum absolute atomic E-state index is 11.9. The molecule has 0 aliphatic heterocycles. The number of amides is 1. The predicted octanol–water partition coefficient (Wildman–Crippen LogP) is 0.992. The molecule has 2 aromatic rings. The molecule has 0 spiro atoms. The molecule has 19 heavy (non-hydrogen) atoms. The van der Waals surface area contributed by atoms with Gasteiger partial charge in [-0.15, -0.1) is 0 Å². The average molecular weight is 259 g/mol. The molecular weight excluding hydrogens is 242 g/mol. The lowest BCUT2D eigenvalue weighted by molar-refractivity contribution is -0.116. The molecular formula is C13H17N5O. The summed E-state index contributed by atoms with van der Waals surface area (Å²) < 4.78 is 1.58. The highest BCUT2D eigenvalue weighted by atomic mass is 16.2. The Labute approximate surface area is 111 Å². The zero-order valence-corrected chi connectivity index (χ0v) is 11.1. The number of hydrogen-bond donors (Lipinski definition) is 2. The maximum atomic E-state index is 11.9. The number of carbonyl (C=O) groups is 1. The average Bonchev–Trinajstić information content (AvgIpc) is 2.68. The molecule has 0 bridgehead atoms. The van der Waals surface area contributed by atoms with Crippen LogP contribution >= 0.6 is 0 Å². The van der Waals surface area contributed by atoms with Crippen LogP contribution in [0.4, 0.5) is 5.69 Å². The standard InChI is InChI=1S/C13H17N5O/c1-9-15-10(2)18(17-9)8-13(19)16-12-5-3-11(7-14)4-6-12/h3-6H,7-8,14H2,1-2H3,(H,16,19). The van der Waals surface area contributed by atoms with E-state index in [1.807, 2.05) is 31.2 Å². The fraction of sp³-hybridized carbons (Fsp3) is 0.308. The first-order valence-electron chi connectivity index (χ1n) is 6.05. The first kappa shape index (κ1) is 13.2. The van der Waals surface area contributed by atoms with Gasteiger partial charge in [0, 0.05) is 12.2 Å². The van der Waals surface area contributed by atoms with Crippen LogP contribution in [0, 0.1) is 13.8 Å². The fourth-order valence-corrected chi connectivity index (χ4v) is 1.77. The summed E-state index contributed by atoms with van der Waals surface area (Å²) in [5.41, 5.74) is 7.29. The predicted molar refractivity (Wildman–Crippen MR) is 72.5 cm³/mol. The van der Waals surface area contributed by atoms with Crippen molar-refractivity contribution < 1.29 is 4.79 Å². The Morgan fingerprint density at radius 1 is 1.32 bits per heavy atom. The van der Waals surface area contributed by atoms with Crippen molar-refractivity contribution in [3.8, 4) is 0 Å². The number of aryl methyl sites for hydroxylation is 2. The minimum Gasteiger partial charge on any atom is -0.326 e. The lowest BCUT2D eigenvalue weighted by Crippen LogP contribution is -2.20. The molecule has 0 saturated carbocycles. The van der Waals surface area contributed by atoms with Crippen LogP contribution in [0.15, 0.2) is 24.3 Å². The smallest absolute Gasteiger partial charge is 0.246 e. The van der Waals surface area contributed by atoms with Crippen molar-refractivity contribution in [2.45, 2.75) is 26.9 Å². The minimum atomic E-state index is -0.131. The van der Waals surface area contributed by atoms with E-state index in [4.69, 9.17) is 5.73 Å². The molecule has 0 atom stereocenters. The van der Waals surface area contributed by atoms with Gasteiger partial charge in [-0.3, -0.25) is 4.79 Å². The highest BCUT2D eigenvalue weighted by molar-refractivity contribution is 5.90. The minimum absolute atomic E-state index is 0.131. The van der Waals surface area contributed by atoms with E-state index < -0.39 is 0 Å². The molecule has 0 radical (unpaired) electrons. The van der Waals surface area contributed by atoms with Crippen LogP contribution < -0.4 is 11.1 Å². The van der Waals surface area contributed by atoms with E-state index in [9.17, 15) is 4.79 Å². The summed E-state index contributed by atoms with van der Waals surface area (Å²) in [5.74, 6) is 1.26. The normalized spacial score (nSPS) is 10.5. The zero-order chi connectivity index (χ0) is 13.8. The van der Waals surface area contributed by atoms with Crippen LogP contribution in [0.25, 0.3) is 0 Å². The van der Waals surface area contributed by atoms with Crippen LogP contribution in [-0.4, -0.2) is 20.7 Å². The maximum Gasteiger partial charge on any atom is 0.246 e. The van der Waals surface area contributed by atoms with Crippen LogP contribution in [0.2, 0.25) is 0 Å². The summed E-state index contributed by atoms with van der Waals surface area (Å²) in [4.78, 5) is 16.0. The number of rotatable bonds is 4. The third-order valence-corrected chi connectivity index (χ3v) is 2.73. The zero-order valence-electron chi connectivity index (χ0n) is 11.1. The van der Waals surface area contributed by atoms with Gasteiger partial charge in [-0.2, -0.15) is 5.10 Å². The van der Waals surface area contributed by atoms with Crippen molar-refractivity contribution in [2.24, 2.45) is 5.73 Å². The number of nitrogens with two attached hydrogens (primary N) is 1. The van der Waals surface area contributed by atoms with E-state index >= 15 is 0 Å². The van der Waals surface area contributed by atoms with Gasteiger partial charge < -0.3 is 11.1 Å². The molecule has 0 aliphatic carbocycles. The monoisotopic (exact) mass is 259 g/mol. The van der Waals surface area contributed by atoms with Crippen LogP contribution in [-0.2, 0) is 17.9 Å². The Hall–Kier alpha value is -2.21. The molecule has 1 amide bonds. The van der Waals surface area contributed by atoms with Gasteiger partial charge in [-0.05, 0) is 31.5 Å². The quantitative estimate of drug-likeness (QED) is 0.857.